The summed E-state index contributed by atoms with van der Waals surface area (Å²) in [6, 6.07) is 0. The molecule has 0 aliphatic rings. The molecule has 0 heterocycles. The maximum Gasteiger partial charge on any atom is 0.265 e. The van der Waals surface area contributed by atoms with E-state index in [9.17, 15) is 8.42 Å². The lowest BCUT2D eigenvalue weighted by Gasteiger charge is -2.15. The van der Waals surface area contributed by atoms with Gasteiger partial charge >= 0.3 is 0 Å². The maximum atomic E-state index is 10.4. The van der Waals surface area contributed by atoms with Crippen molar-refractivity contribution in [2.45, 2.75) is 27.2 Å². The Hall–Kier alpha value is -0.0900. The zero-order valence-electron chi connectivity index (χ0n) is 7.24. The number of rotatable bonds is 4. The molecular formula is C7H16O3S. The third kappa shape index (κ3) is 5.21. The van der Waals surface area contributed by atoms with Crippen molar-refractivity contribution in [2.75, 3.05) is 5.75 Å². The minimum absolute atomic E-state index is 0.0370. The second-order valence-corrected chi connectivity index (χ2v) is 4.61. The van der Waals surface area contributed by atoms with E-state index >= 15 is 0 Å². The summed E-state index contributed by atoms with van der Waals surface area (Å²) in [6.07, 6.45) is 0.941. The molecule has 0 fully saturated rings. The highest BCUT2D eigenvalue weighted by atomic mass is 32.2. The SMILES string of the molecule is CCC(C)C(C)CS(=O)(=O)O. The predicted octanol–water partition coefficient (Wildman–Crippen LogP) is 1.56. The third-order valence-electron chi connectivity index (χ3n) is 2.09. The van der Waals surface area contributed by atoms with Crippen molar-refractivity contribution in [1.82, 2.24) is 0 Å². The van der Waals surface area contributed by atoms with Crippen LogP contribution in [0.1, 0.15) is 27.2 Å². The highest BCUT2D eigenvalue weighted by Crippen LogP contribution is 2.15. The molecule has 1 N–H and O–H groups in total. The summed E-state index contributed by atoms with van der Waals surface area (Å²) in [5.41, 5.74) is 0. The molecule has 0 aromatic rings. The molecule has 0 aromatic heterocycles. The van der Waals surface area contributed by atoms with Crippen LogP contribution in [-0.2, 0) is 10.1 Å². The van der Waals surface area contributed by atoms with Crippen molar-refractivity contribution in [3.8, 4) is 0 Å². The average Bonchev–Trinajstić information content (AvgIpc) is 1.82. The van der Waals surface area contributed by atoms with E-state index in [2.05, 4.69) is 0 Å². The smallest absolute Gasteiger partial charge is 0.265 e. The van der Waals surface area contributed by atoms with Gasteiger partial charge in [0.25, 0.3) is 10.1 Å². The molecule has 2 atom stereocenters. The molecular weight excluding hydrogens is 164 g/mol. The largest absolute Gasteiger partial charge is 0.286 e. The van der Waals surface area contributed by atoms with E-state index in [4.69, 9.17) is 4.55 Å². The molecule has 0 saturated carbocycles. The van der Waals surface area contributed by atoms with Crippen LogP contribution in [0.3, 0.4) is 0 Å². The summed E-state index contributed by atoms with van der Waals surface area (Å²) in [7, 11) is -3.78. The minimum Gasteiger partial charge on any atom is -0.286 e. The van der Waals surface area contributed by atoms with E-state index in [1.165, 1.54) is 0 Å². The van der Waals surface area contributed by atoms with Crippen molar-refractivity contribution in [3.63, 3.8) is 0 Å². The summed E-state index contributed by atoms with van der Waals surface area (Å²) in [5.74, 6) is 0.258. The quantitative estimate of drug-likeness (QED) is 0.668. The van der Waals surface area contributed by atoms with Crippen molar-refractivity contribution < 1.29 is 13.0 Å². The monoisotopic (exact) mass is 180 g/mol. The molecule has 0 rings (SSSR count). The first-order valence-electron chi connectivity index (χ1n) is 3.82. The lowest BCUT2D eigenvalue weighted by Crippen LogP contribution is -2.18. The van der Waals surface area contributed by atoms with E-state index in [1.54, 1.807) is 0 Å². The van der Waals surface area contributed by atoms with E-state index in [0.717, 1.165) is 6.42 Å². The Morgan fingerprint density at radius 1 is 1.27 bits per heavy atom. The summed E-state index contributed by atoms with van der Waals surface area (Å²) in [6.45, 7) is 5.82. The van der Waals surface area contributed by atoms with Gasteiger partial charge in [-0.1, -0.05) is 27.2 Å². The molecule has 0 amide bonds. The second-order valence-electron chi connectivity index (χ2n) is 3.11. The van der Waals surface area contributed by atoms with Gasteiger partial charge in [-0.2, -0.15) is 8.42 Å². The van der Waals surface area contributed by atoms with Gasteiger partial charge in [-0.25, -0.2) is 0 Å². The summed E-state index contributed by atoms with van der Waals surface area (Å²) >= 11 is 0. The molecule has 0 aliphatic heterocycles. The van der Waals surface area contributed by atoms with Crippen LogP contribution >= 0.6 is 0 Å². The number of hydrogen-bond acceptors (Lipinski definition) is 2. The third-order valence-corrected chi connectivity index (χ3v) is 3.04. The second kappa shape index (κ2) is 4.07. The van der Waals surface area contributed by atoms with Crippen LogP contribution in [0.2, 0.25) is 0 Å². The molecule has 4 heteroatoms. The Labute approximate surface area is 68.6 Å². The Kier molecular flexibility index (Phi) is 4.03. The van der Waals surface area contributed by atoms with E-state index in [-0.39, 0.29) is 11.7 Å². The van der Waals surface area contributed by atoms with Crippen LogP contribution in [0, 0.1) is 11.8 Å². The first-order chi connectivity index (χ1) is 4.87. The molecule has 11 heavy (non-hydrogen) atoms. The fourth-order valence-corrected chi connectivity index (χ4v) is 1.89. The van der Waals surface area contributed by atoms with Crippen LogP contribution in [0.25, 0.3) is 0 Å². The predicted molar refractivity (Wildman–Crippen MR) is 45.0 cm³/mol. The fraction of sp³-hybridized carbons (Fsp3) is 1.00. The van der Waals surface area contributed by atoms with Gasteiger partial charge in [0.05, 0.1) is 5.75 Å². The zero-order chi connectivity index (χ0) is 9.07. The van der Waals surface area contributed by atoms with Crippen LogP contribution < -0.4 is 0 Å². The molecule has 0 aromatic carbocycles. The Morgan fingerprint density at radius 2 is 1.73 bits per heavy atom. The maximum absolute atomic E-state index is 10.4. The van der Waals surface area contributed by atoms with E-state index in [0.29, 0.717) is 5.92 Å². The summed E-state index contributed by atoms with van der Waals surface area (Å²) in [4.78, 5) is 0. The topological polar surface area (TPSA) is 54.4 Å². The Morgan fingerprint density at radius 3 is 2.00 bits per heavy atom. The summed E-state index contributed by atoms with van der Waals surface area (Å²) < 4.78 is 29.3. The van der Waals surface area contributed by atoms with Gasteiger partial charge in [0, 0.05) is 0 Å². The zero-order valence-corrected chi connectivity index (χ0v) is 8.06. The first-order valence-corrected chi connectivity index (χ1v) is 5.43. The van der Waals surface area contributed by atoms with Gasteiger partial charge < -0.3 is 0 Å². The van der Waals surface area contributed by atoms with Gasteiger partial charge in [-0.15, -0.1) is 0 Å². The Bertz CT molecular complexity index is 196. The van der Waals surface area contributed by atoms with Gasteiger partial charge in [-0.3, -0.25) is 4.55 Å². The molecule has 0 aliphatic carbocycles. The summed E-state index contributed by atoms with van der Waals surface area (Å²) in [5, 5.41) is 0. The molecule has 2 unspecified atom stereocenters. The minimum atomic E-state index is -3.78. The molecule has 0 saturated heterocycles. The van der Waals surface area contributed by atoms with Crippen LogP contribution in [0.5, 0.6) is 0 Å². The average molecular weight is 180 g/mol. The lowest BCUT2D eigenvalue weighted by molar-refractivity contribution is 0.391. The van der Waals surface area contributed by atoms with Crippen LogP contribution in [0.15, 0.2) is 0 Å². The molecule has 0 bridgehead atoms. The first kappa shape index (κ1) is 10.9. The van der Waals surface area contributed by atoms with E-state index in [1.807, 2.05) is 20.8 Å². The molecule has 0 radical (unpaired) electrons. The van der Waals surface area contributed by atoms with Crippen molar-refractivity contribution in [2.24, 2.45) is 11.8 Å². The standard InChI is InChI=1S/C7H16O3S/c1-4-6(2)7(3)5-11(8,9)10/h6-7H,4-5H2,1-3H3,(H,8,9,10). The molecule has 68 valence electrons. The van der Waals surface area contributed by atoms with Crippen molar-refractivity contribution in [3.05, 3.63) is 0 Å². The Balaban J connectivity index is 3.98. The lowest BCUT2D eigenvalue weighted by atomic mass is 9.96. The highest BCUT2D eigenvalue weighted by molar-refractivity contribution is 7.85. The van der Waals surface area contributed by atoms with Gasteiger partial charge in [-0.05, 0) is 11.8 Å². The highest BCUT2D eigenvalue weighted by Gasteiger charge is 2.16. The fourth-order valence-electron chi connectivity index (χ4n) is 0.899. The van der Waals surface area contributed by atoms with E-state index < -0.39 is 10.1 Å². The van der Waals surface area contributed by atoms with Crippen LogP contribution in [-0.4, -0.2) is 18.7 Å². The normalized spacial score (nSPS) is 17.8. The van der Waals surface area contributed by atoms with Gasteiger partial charge in [0.1, 0.15) is 0 Å². The van der Waals surface area contributed by atoms with Gasteiger partial charge in [0.2, 0.25) is 0 Å². The van der Waals surface area contributed by atoms with Crippen LogP contribution in [0.4, 0.5) is 0 Å². The molecule has 0 spiro atoms. The molecule has 3 nitrogen and oxygen atoms in total. The van der Waals surface area contributed by atoms with Crippen molar-refractivity contribution in [1.29, 1.82) is 0 Å². The van der Waals surface area contributed by atoms with Gasteiger partial charge in [0.15, 0.2) is 0 Å². The number of hydrogen-bond donors (Lipinski definition) is 1. The van der Waals surface area contributed by atoms with Crippen molar-refractivity contribution >= 4 is 10.1 Å².